The van der Waals surface area contributed by atoms with E-state index in [2.05, 4.69) is 4.98 Å². The number of ether oxygens (including phenoxy) is 1. The van der Waals surface area contributed by atoms with Crippen LogP contribution in [0.5, 0.6) is 5.75 Å². The Bertz CT molecular complexity index is 1210. The van der Waals surface area contributed by atoms with Gasteiger partial charge in [-0.1, -0.05) is 12.1 Å². The molecular weight excluding hydrogens is 384 g/mol. The lowest BCUT2D eigenvalue weighted by molar-refractivity contribution is -0.133. The molecule has 0 bridgehead atoms. The van der Waals surface area contributed by atoms with Crippen molar-refractivity contribution in [1.82, 2.24) is 19.0 Å². The number of aryl methyl sites for hydroxylation is 1. The van der Waals surface area contributed by atoms with Gasteiger partial charge in [-0.15, -0.1) is 0 Å². The summed E-state index contributed by atoms with van der Waals surface area (Å²) in [5.41, 5.74) is 1.13. The first-order valence-electron chi connectivity index (χ1n) is 9.98. The third-order valence-electron chi connectivity index (χ3n) is 5.61. The maximum atomic E-state index is 12.7. The summed E-state index contributed by atoms with van der Waals surface area (Å²) in [4.78, 5) is 43.2. The second-order valence-electron chi connectivity index (χ2n) is 7.62. The van der Waals surface area contributed by atoms with Crippen molar-refractivity contribution in [3.05, 3.63) is 69.1 Å². The molecule has 3 heterocycles. The zero-order valence-electron chi connectivity index (χ0n) is 17.1. The van der Waals surface area contributed by atoms with E-state index in [1.165, 1.54) is 17.0 Å². The first-order chi connectivity index (χ1) is 14.4. The normalized spacial score (nSPS) is 14.8. The van der Waals surface area contributed by atoms with Crippen LogP contribution < -0.4 is 15.9 Å². The molecule has 0 atom stereocenters. The molecule has 0 aliphatic carbocycles. The van der Waals surface area contributed by atoms with Crippen LogP contribution in [0.25, 0.3) is 10.9 Å². The van der Waals surface area contributed by atoms with Gasteiger partial charge in [0, 0.05) is 44.7 Å². The number of rotatable bonds is 4. The lowest BCUT2D eigenvalue weighted by Gasteiger charge is -2.32. The molecule has 0 radical (unpaired) electrons. The van der Waals surface area contributed by atoms with Crippen LogP contribution in [-0.4, -0.2) is 44.1 Å². The zero-order chi connectivity index (χ0) is 21.3. The molecular formula is C22H24N4O4. The van der Waals surface area contributed by atoms with Crippen molar-refractivity contribution in [2.24, 2.45) is 7.05 Å². The molecule has 1 fully saturated rings. The summed E-state index contributed by atoms with van der Waals surface area (Å²) in [7, 11) is 1.72. The van der Waals surface area contributed by atoms with Gasteiger partial charge in [0.2, 0.25) is 5.91 Å². The standard InChI is InChI=1S/C22H24N4O4/c1-15-11-17(12-20(27)24(15)2)30-16-7-9-25(10-8-16)21(28)13-26-14-23-19-6-4-3-5-18(19)22(26)29/h3-6,11-12,14,16H,7-10,13H2,1-2H3. The number of carbonyl (C=O) groups excluding carboxylic acids is 1. The van der Waals surface area contributed by atoms with Crippen LogP contribution in [0.2, 0.25) is 0 Å². The largest absolute Gasteiger partial charge is 0.490 e. The lowest BCUT2D eigenvalue weighted by Crippen LogP contribution is -2.44. The maximum Gasteiger partial charge on any atom is 0.261 e. The number of hydrogen-bond donors (Lipinski definition) is 0. The average Bonchev–Trinajstić information content (AvgIpc) is 2.74. The van der Waals surface area contributed by atoms with E-state index >= 15 is 0 Å². The quantitative estimate of drug-likeness (QED) is 0.653. The average molecular weight is 408 g/mol. The molecule has 1 aliphatic heterocycles. The Hall–Kier alpha value is -3.42. The number of nitrogens with zero attached hydrogens (tertiary/aromatic N) is 4. The molecule has 1 aliphatic rings. The molecule has 4 rings (SSSR count). The Kier molecular flexibility index (Phi) is 5.39. The third-order valence-corrected chi connectivity index (χ3v) is 5.61. The Labute approximate surface area is 173 Å². The molecule has 8 nitrogen and oxygen atoms in total. The van der Waals surface area contributed by atoms with Gasteiger partial charge in [0.15, 0.2) is 0 Å². The van der Waals surface area contributed by atoms with Gasteiger partial charge in [0.1, 0.15) is 18.4 Å². The van der Waals surface area contributed by atoms with Gasteiger partial charge >= 0.3 is 0 Å². The number of aromatic nitrogens is 3. The first kappa shape index (κ1) is 19.9. The van der Waals surface area contributed by atoms with Crippen molar-refractivity contribution < 1.29 is 9.53 Å². The van der Waals surface area contributed by atoms with Crippen molar-refractivity contribution in [2.45, 2.75) is 32.4 Å². The summed E-state index contributed by atoms with van der Waals surface area (Å²) in [5.74, 6) is 0.450. The Morgan fingerprint density at radius 3 is 2.63 bits per heavy atom. The SMILES string of the molecule is Cc1cc(OC2CCN(C(=O)Cn3cnc4ccccc4c3=O)CC2)cc(=O)n1C. The number of piperidine rings is 1. The van der Waals surface area contributed by atoms with Crippen molar-refractivity contribution in [3.63, 3.8) is 0 Å². The second-order valence-corrected chi connectivity index (χ2v) is 7.62. The van der Waals surface area contributed by atoms with Crippen LogP contribution in [0.4, 0.5) is 0 Å². The molecule has 8 heteroatoms. The topological polar surface area (TPSA) is 86.4 Å². The first-order valence-corrected chi connectivity index (χ1v) is 9.98. The van der Waals surface area contributed by atoms with E-state index in [1.807, 2.05) is 19.1 Å². The van der Waals surface area contributed by atoms with E-state index in [0.717, 1.165) is 5.69 Å². The van der Waals surface area contributed by atoms with Crippen LogP contribution in [0, 0.1) is 6.92 Å². The number of hydrogen-bond acceptors (Lipinski definition) is 5. The zero-order valence-corrected chi connectivity index (χ0v) is 17.1. The number of likely N-dealkylation sites (tertiary alicyclic amines) is 1. The minimum atomic E-state index is -0.215. The van der Waals surface area contributed by atoms with Crippen molar-refractivity contribution in [2.75, 3.05) is 13.1 Å². The predicted octanol–water partition coefficient (Wildman–Crippen LogP) is 1.47. The Balaban J connectivity index is 1.37. The minimum Gasteiger partial charge on any atom is -0.490 e. The van der Waals surface area contributed by atoms with E-state index < -0.39 is 0 Å². The highest BCUT2D eigenvalue weighted by Crippen LogP contribution is 2.19. The van der Waals surface area contributed by atoms with Gasteiger partial charge in [-0.3, -0.25) is 19.0 Å². The fraction of sp³-hybridized carbons (Fsp3) is 0.364. The third kappa shape index (κ3) is 3.98. The van der Waals surface area contributed by atoms with E-state index in [0.29, 0.717) is 42.6 Å². The second kappa shape index (κ2) is 8.14. The summed E-state index contributed by atoms with van der Waals surface area (Å²) >= 11 is 0. The summed E-state index contributed by atoms with van der Waals surface area (Å²) in [6, 6.07) is 10.4. The number of amides is 1. The summed E-state index contributed by atoms with van der Waals surface area (Å²) in [5, 5.41) is 0.504. The van der Waals surface area contributed by atoms with Gasteiger partial charge in [-0.2, -0.15) is 0 Å². The summed E-state index contributed by atoms with van der Waals surface area (Å²) in [6.45, 7) is 2.92. The number of pyridine rings is 1. The molecule has 0 spiro atoms. The predicted molar refractivity (Wildman–Crippen MR) is 113 cm³/mol. The molecule has 1 saturated heterocycles. The van der Waals surface area contributed by atoms with E-state index in [4.69, 9.17) is 4.74 Å². The molecule has 0 N–H and O–H groups in total. The maximum absolute atomic E-state index is 12.7. The molecule has 30 heavy (non-hydrogen) atoms. The van der Waals surface area contributed by atoms with Crippen molar-refractivity contribution >= 4 is 16.8 Å². The van der Waals surface area contributed by atoms with Crippen LogP contribution in [0.15, 0.2) is 52.3 Å². The van der Waals surface area contributed by atoms with Gasteiger partial charge in [0.25, 0.3) is 11.1 Å². The monoisotopic (exact) mass is 408 g/mol. The van der Waals surface area contributed by atoms with E-state index in [1.54, 1.807) is 34.7 Å². The smallest absolute Gasteiger partial charge is 0.261 e. The fourth-order valence-electron chi connectivity index (χ4n) is 3.68. The molecule has 1 amide bonds. The Morgan fingerprint density at radius 1 is 1.17 bits per heavy atom. The number of benzene rings is 1. The van der Waals surface area contributed by atoms with E-state index in [-0.39, 0.29) is 29.7 Å². The number of para-hydroxylation sites is 1. The highest BCUT2D eigenvalue weighted by atomic mass is 16.5. The molecule has 3 aromatic rings. The summed E-state index contributed by atoms with van der Waals surface area (Å²) in [6.07, 6.45) is 2.72. The fourth-order valence-corrected chi connectivity index (χ4v) is 3.68. The molecule has 156 valence electrons. The van der Waals surface area contributed by atoms with Gasteiger partial charge in [0.05, 0.1) is 17.2 Å². The van der Waals surface area contributed by atoms with E-state index in [9.17, 15) is 14.4 Å². The Morgan fingerprint density at radius 2 is 1.90 bits per heavy atom. The van der Waals surface area contributed by atoms with Crippen molar-refractivity contribution in [1.29, 1.82) is 0 Å². The van der Waals surface area contributed by atoms with Crippen LogP contribution in [0.1, 0.15) is 18.5 Å². The molecule has 2 aromatic heterocycles. The highest BCUT2D eigenvalue weighted by Gasteiger charge is 2.24. The number of carbonyl (C=O) groups is 1. The number of fused-ring (bicyclic) bond motifs is 1. The van der Waals surface area contributed by atoms with Crippen LogP contribution >= 0.6 is 0 Å². The van der Waals surface area contributed by atoms with Crippen LogP contribution in [0.3, 0.4) is 0 Å². The lowest BCUT2D eigenvalue weighted by atomic mass is 10.1. The molecule has 0 unspecified atom stereocenters. The minimum absolute atomic E-state index is 0.0316. The van der Waals surface area contributed by atoms with Crippen molar-refractivity contribution in [3.8, 4) is 5.75 Å². The van der Waals surface area contributed by atoms with Gasteiger partial charge in [-0.05, 0) is 25.1 Å². The van der Waals surface area contributed by atoms with Crippen LogP contribution in [-0.2, 0) is 18.4 Å². The van der Waals surface area contributed by atoms with Gasteiger partial charge in [-0.25, -0.2) is 4.98 Å². The molecule has 1 aromatic carbocycles. The molecule has 0 saturated carbocycles. The summed E-state index contributed by atoms with van der Waals surface area (Å²) < 4.78 is 8.89. The van der Waals surface area contributed by atoms with Gasteiger partial charge < -0.3 is 14.2 Å². The highest BCUT2D eigenvalue weighted by molar-refractivity contribution is 5.79.